The van der Waals surface area contributed by atoms with Gasteiger partial charge in [-0.15, -0.1) is 0 Å². The van der Waals surface area contributed by atoms with E-state index in [9.17, 15) is 0 Å². The van der Waals surface area contributed by atoms with Crippen LogP contribution in [0.3, 0.4) is 0 Å². The molecule has 118 valence electrons. The number of rotatable bonds is 7. The summed E-state index contributed by atoms with van der Waals surface area (Å²) in [6, 6.07) is 1.83. The Morgan fingerprint density at radius 1 is 1.29 bits per heavy atom. The number of hydrogen-bond donors (Lipinski definition) is 1. The van der Waals surface area contributed by atoms with Gasteiger partial charge in [0.25, 0.3) is 0 Å². The molecule has 0 aromatic carbocycles. The van der Waals surface area contributed by atoms with E-state index in [0.717, 1.165) is 42.1 Å². The molecule has 0 radical (unpaired) electrons. The van der Waals surface area contributed by atoms with Crippen molar-refractivity contribution in [1.82, 2.24) is 10.3 Å². The predicted octanol–water partition coefficient (Wildman–Crippen LogP) is 3.40. The highest BCUT2D eigenvalue weighted by Gasteiger charge is 2.18. The van der Waals surface area contributed by atoms with Gasteiger partial charge >= 0.3 is 0 Å². The number of aromatic nitrogens is 1. The van der Waals surface area contributed by atoms with Crippen LogP contribution in [0, 0.1) is 11.8 Å². The van der Waals surface area contributed by atoms with Crippen LogP contribution in [-0.2, 0) is 6.54 Å². The molecule has 1 aliphatic carbocycles. The standard InChI is InChI=1S/C17H28N2O2/c1-13-5-4-6-14(11-13)7-9-18-12-15-17(21-3)16(20-2)8-10-19-15/h8,10,13-14,18H,4-7,9,11-12H2,1-3H3. The predicted molar refractivity (Wildman–Crippen MR) is 84.8 cm³/mol. The number of nitrogens with one attached hydrogen (secondary N) is 1. The van der Waals surface area contributed by atoms with Crippen molar-refractivity contribution in [2.45, 2.75) is 45.6 Å². The highest BCUT2D eigenvalue weighted by Crippen LogP contribution is 2.31. The lowest BCUT2D eigenvalue weighted by atomic mass is 9.81. The van der Waals surface area contributed by atoms with Gasteiger partial charge in [0.1, 0.15) is 0 Å². The lowest BCUT2D eigenvalue weighted by Crippen LogP contribution is -2.21. The van der Waals surface area contributed by atoms with Crippen LogP contribution >= 0.6 is 0 Å². The lowest BCUT2D eigenvalue weighted by molar-refractivity contribution is 0.267. The van der Waals surface area contributed by atoms with Crippen LogP contribution in [0.2, 0.25) is 0 Å². The Balaban J connectivity index is 1.78. The molecule has 1 aromatic rings. The minimum Gasteiger partial charge on any atom is -0.493 e. The van der Waals surface area contributed by atoms with Crippen molar-refractivity contribution in [3.8, 4) is 11.5 Å². The van der Waals surface area contributed by atoms with E-state index in [1.54, 1.807) is 20.4 Å². The van der Waals surface area contributed by atoms with Crippen LogP contribution in [0.25, 0.3) is 0 Å². The molecule has 4 nitrogen and oxygen atoms in total. The van der Waals surface area contributed by atoms with E-state index in [1.165, 1.54) is 32.1 Å². The third kappa shape index (κ3) is 4.60. The average molecular weight is 292 g/mol. The molecule has 0 aliphatic heterocycles. The summed E-state index contributed by atoms with van der Waals surface area (Å²) in [5.41, 5.74) is 0.911. The third-order valence-electron chi connectivity index (χ3n) is 4.43. The quantitative estimate of drug-likeness (QED) is 0.782. The summed E-state index contributed by atoms with van der Waals surface area (Å²) >= 11 is 0. The Bertz CT molecular complexity index is 437. The number of hydrogen-bond acceptors (Lipinski definition) is 4. The summed E-state index contributed by atoms with van der Waals surface area (Å²) in [5, 5.41) is 3.49. The normalized spacial score (nSPS) is 22.0. The topological polar surface area (TPSA) is 43.4 Å². The Morgan fingerprint density at radius 3 is 2.86 bits per heavy atom. The van der Waals surface area contributed by atoms with E-state index in [1.807, 2.05) is 6.07 Å². The number of methoxy groups -OCH3 is 2. The van der Waals surface area contributed by atoms with Crippen LogP contribution in [-0.4, -0.2) is 25.7 Å². The van der Waals surface area contributed by atoms with Crippen molar-refractivity contribution in [1.29, 1.82) is 0 Å². The zero-order valence-corrected chi connectivity index (χ0v) is 13.5. The first-order valence-corrected chi connectivity index (χ1v) is 8.01. The second-order valence-electron chi connectivity index (χ2n) is 6.10. The van der Waals surface area contributed by atoms with Crippen LogP contribution in [0.15, 0.2) is 12.3 Å². The first kappa shape index (κ1) is 16.1. The van der Waals surface area contributed by atoms with Crippen molar-refractivity contribution in [3.05, 3.63) is 18.0 Å². The van der Waals surface area contributed by atoms with E-state index >= 15 is 0 Å². The van der Waals surface area contributed by atoms with Crippen LogP contribution in [0.4, 0.5) is 0 Å². The van der Waals surface area contributed by atoms with Crippen molar-refractivity contribution < 1.29 is 9.47 Å². The van der Waals surface area contributed by atoms with Crippen molar-refractivity contribution in [3.63, 3.8) is 0 Å². The zero-order chi connectivity index (χ0) is 15.1. The molecule has 1 aromatic heterocycles. The molecule has 0 spiro atoms. The largest absolute Gasteiger partial charge is 0.493 e. The van der Waals surface area contributed by atoms with E-state index in [4.69, 9.17) is 9.47 Å². The fourth-order valence-corrected chi connectivity index (χ4v) is 3.31. The monoisotopic (exact) mass is 292 g/mol. The molecule has 2 unspecified atom stereocenters. The maximum Gasteiger partial charge on any atom is 0.183 e. The van der Waals surface area contributed by atoms with Gasteiger partial charge in [-0.2, -0.15) is 0 Å². The van der Waals surface area contributed by atoms with Crippen LogP contribution in [0.5, 0.6) is 11.5 Å². The van der Waals surface area contributed by atoms with Crippen LogP contribution in [0.1, 0.15) is 44.7 Å². The summed E-state index contributed by atoms with van der Waals surface area (Å²) in [7, 11) is 3.31. The molecule has 0 amide bonds. The highest BCUT2D eigenvalue weighted by atomic mass is 16.5. The van der Waals surface area contributed by atoms with Gasteiger partial charge in [-0.1, -0.05) is 26.2 Å². The second kappa shape index (κ2) is 8.23. The summed E-state index contributed by atoms with van der Waals surface area (Å²) in [4.78, 5) is 4.39. The Morgan fingerprint density at radius 2 is 2.14 bits per heavy atom. The molecule has 0 saturated heterocycles. The van der Waals surface area contributed by atoms with Gasteiger partial charge in [0.05, 0.1) is 19.9 Å². The number of nitrogens with zero attached hydrogens (tertiary/aromatic N) is 1. The van der Waals surface area contributed by atoms with Gasteiger partial charge in [0.2, 0.25) is 0 Å². The maximum atomic E-state index is 5.40. The molecular formula is C17H28N2O2. The van der Waals surface area contributed by atoms with E-state index < -0.39 is 0 Å². The van der Waals surface area contributed by atoms with E-state index in [0.29, 0.717) is 0 Å². The van der Waals surface area contributed by atoms with Gasteiger partial charge < -0.3 is 14.8 Å². The molecule has 1 saturated carbocycles. The fraction of sp³-hybridized carbons (Fsp3) is 0.706. The van der Waals surface area contributed by atoms with Gasteiger partial charge in [-0.25, -0.2) is 0 Å². The fourth-order valence-electron chi connectivity index (χ4n) is 3.31. The Hall–Kier alpha value is -1.29. The molecular weight excluding hydrogens is 264 g/mol. The van der Waals surface area contributed by atoms with Gasteiger partial charge in [-0.3, -0.25) is 4.98 Å². The molecule has 21 heavy (non-hydrogen) atoms. The summed E-state index contributed by atoms with van der Waals surface area (Å²) < 4.78 is 10.7. The van der Waals surface area contributed by atoms with Crippen molar-refractivity contribution in [2.24, 2.45) is 11.8 Å². The molecule has 2 atom stereocenters. The molecule has 0 bridgehead atoms. The smallest absolute Gasteiger partial charge is 0.183 e. The zero-order valence-electron chi connectivity index (χ0n) is 13.5. The molecule has 4 heteroatoms. The first-order valence-electron chi connectivity index (χ1n) is 8.01. The summed E-state index contributed by atoms with van der Waals surface area (Å²) in [6.45, 7) is 4.15. The van der Waals surface area contributed by atoms with E-state index in [-0.39, 0.29) is 0 Å². The Labute approximate surface area is 128 Å². The Kier molecular flexibility index (Phi) is 6.30. The molecule has 1 aliphatic rings. The maximum absolute atomic E-state index is 5.40. The van der Waals surface area contributed by atoms with Crippen molar-refractivity contribution in [2.75, 3.05) is 20.8 Å². The first-order chi connectivity index (χ1) is 10.2. The highest BCUT2D eigenvalue weighted by molar-refractivity contribution is 5.42. The van der Waals surface area contributed by atoms with Gasteiger partial charge in [-0.05, 0) is 31.2 Å². The SMILES string of the molecule is COc1ccnc(CNCCC2CCCC(C)C2)c1OC. The summed E-state index contributed by atoms with van der Waals surface area (Å²) in [5.74, 6) is 3.27. The van der Waals surface area contributed by atoms with Gasteiger partial charge in [0, 0.05) is 18.8 Å². The van der Waals surface area contributed by atoms with Crippen LogP contribution < -0.4 is 14.8 Å². The molecule has 2 rings (SSSR count). The third-order valence-corrected chi connectivity index (χ3v) is 4.43. The number of ether oxygens (including phenoxy) is 2. The molecule has 1 N–H and O–H groups in total. The number of pyridine rings is 1. The summed E-state index contributed by atoms with van der Waals surface area (Å²) in [6.07, 6.45) is 8.62. The second-order valence-corrected chi connectivity index (χ2v) is 6.10. The minimum absolute atomic E-state index is 0.725. The van der Waals surface area contributed by atoms with E-state index in [2.05, 4.69) is 17.2 Å². The average Bonchev–Trinajstić information content (AvgIpc) is 2.51. The lowest BCUT2D eigenvalue weighted by Gasteiger charge is -2.26. The van der Waals surface area contributed by atoms with Gasteiger partial charge in [0.15, 0.2) is 11.5 Å². The minimum atomic E-state index is 0.725. The molecule has 1 heterocycles. The van der Waals surface area contributed by atoms with Crippen molar-refractivity contribution >= 4 is 0 Å². The molecule has 1 fully saturated rings.